The second-order valence-corrected chi connectivity index (χ2v) is 7.10. The molecule has 4 nitrogen and oxygen atoms in total. The van der Waals surface area contributed by atoms with Crippen LogP contribution >= 0.6 is 11.6 Å². The summed E-state index contributed by atoms with van der Waals surface area (Å²) in [6.45, 7) is 8.30. The minimum atomic E-state index is -0.133. The Balaban J connectivity index is 2.18. The first-order chi connectivity index (χ1) is 9.73. The third kappa shape index (κ3) is 3.22. The van der Waals surface area contributed by atoms with Gasteiger partial charge in [0.2, 0.25) is 5.91 Å². The van der Waals surface area contributed by atoms with Crippen molar-refractivity contribution < 1.29 is 4.79 Å². The third-order valence-electron chi connectivity index (χ3n) is 5.05. The summed E-state index contributed by atoms with van der Waals surface area (Å²) < 4.78 is 0. The first kappa shape index (κ1) is 16.2. The van der Waals surface area contributed by atoms with E-state index in [0.29, 0.717) is 16.8 Å². The Kier molecular flexibility index (Phi) is 4.59. The van der Waals surface area contributed by atoms with E-state index in [-0.39, 0.29) is 23.3 Å². The molecule has 0 saturated heterocycles. The van der Waals surface area contributed by atoms with Crippen molar-refractivity contribution >= 4 is 23.2 Å². The van der Waals surface area contributed by atoms with Crippen LogP contribution in [0.15, 0.2) is 12.3 Å². The minimum Gasteiger partial charge on any atom is -0.327 e. The molecule has 0 spiro atoms. The van der Waals surface area contributed by atoms with Gasteiger partial charge in [0.15, 0.2) is 5.15 Å². The average molecular weight is 310 g/mol. The van der Waals surface area contributed by atoms with Gasteiger partial charge < -0.3 is 11.1 Å². The van der Waals surface area contributed by atoms with Gasteiger partial charge in [-0.05, 0) is 42.7 Å². The molecule has 1 saturated carbocycles. The largest absolute Gasteiger partial charge is 0.327 e. The number of nitrogens with zero attached hydrogens (tertiary/aromatic N) is 1. The number of rotatable bonds is 2. The molecule has 2 rings (SSSR count). The predicted molar refractivity (Wildman–Crippen MR) is 86.3 cm³/mol. The number of aryl methyl sites for hydroxylation is 1. The van der Waals surface area contributed by atoms with E-state index in [9.17, 15) is 4.79 Å². The Morgan fingerprint density at radius 1 is 1.48 bits per heavy atom. The van der Waals surface area contributed by atoms with Crippen molar-refractivity contribution in [2.24, 2.45) is 23.0 Å². The molecule has 1 fully saturated rings. The number of pyridine rings is 1. The molecule has 3 unspecified atom stereocenters. The zero-order chi connectivity index (χ0) is 15.8. The summed E-state index contributed by atoms with van der Waals surface area (Å²) in [6.07, 6.45) is 3.37. The SMILES string of the molecule is Cc1cnc(Cl)c(NC(=O)C2CCC(N)C(C)C2(C)C)c1. The van der Waals surface area contributed by atoms with Gasteiger partial charge in [-0.15, -0.1) is 0 Å². The maximum absolute atomic E-state index is 12.7. The molecule has 5 heteroatoms. The lowest BCUT2D eigenvalue weighted by atomic mass is 9.61. The average Bonchev–Trinajstić information content (AvgIpc) is 2.40. The van der Waals surface area contributed by atoms with E-state index in [1.807, 2.05) is 13.0 Å². The molecule has 1 heterocycles. The number of nitrogens with one attached hydrogen (secondary N) is 1. The molecule has 0 aromatic carbocycles. The van der Waals surface area contributed by atoms with E-state index in [4.69, 9.17) is 17.3 Å². The summed E-state index contributed by atoms with van der Waals surface area (Å²) in [5.74, 6) is 0.241. The van der Waals surface area contributed by atoms with Gasteiger partial charge in [-0.3, -0.25) is 4.79 Å². The number of halogens is 1. The van der Waals surface area contributed by atoms with Crippen molar-refractivity contribution in [1.29, 1.82) is 0 Å². The van der Waals surface area contributed by atoms with Gasteiger partial charge in [0.05, 0.1) is 5.69 Å². The molecule has 3 atom stereocenters. The fourth-order valence-electron chi connectivity index (χ4n) is 3.18. The smallest absolute Gasteiger partial charge is 0.228 e. The maximum Gasteiger partial charge on any atom is 0.228 e. The lowest BCUT2D eigenvalue weighted by Crippen LogP contribution is -2.50. The van der Waals surface area contributed by atoms with Crippen molar-refractivity contribution in [3.8, 4) is 0 Å². The van der Waals surface area contributed by atoms with Crippen LogP contribution in [0.5, 0.6) is 0 Å². The second-order valence-electron chi connectivity index (χ2n) is 6.74. The minimum absolute atomic E-state index is 0.00745. The Morgan fingerprint density at radius 3 is 2.81 bits per heavy atom. The number of nitrogens with two attached hydrogens (primary N) is 1. The fourth-order valence-corrected chi connectivity index (χ4v) is 3.33. The highest BCUT2D eigenvalue weighted by Crippen LogP contribution is 2.44. The van der Waals surface area contributed by atoms with Crippen molar-refractivity contribution in [3.05, 3.63) is 23.0 Å². The zero-order valence-electron chi connectivity index (χ0n) is 13.1. The van der Waals surface area contributed by atoms with Crippen LogP contribution in [0.2, 0.25) is 5.15 Å². The Bertz CT molecular complexity index is 544. The maximum atomic E-state index is 12.7. The predicted octanol–water partition coefficient (Wildman–Crippen LogP) is 3.38. The quantitative estimate of drug-likeness (QED) is 0.823. The summed E-state index contributed by atoms with van der Waals surface area (Å²) in [5, 5.41) is 3.26. The summed E-state index contributed by atoms with van der Waals surface area (Å²) in [4.78, 5) is 16.7. The molecule has 1 aromatic rings. The summed E-state index contributed by atoms with van der Waals surface area (Å²) in [5.41, 5.74) is 7.57. The molecule has 1 aliphatic carbocycles. The summed E-state index contributed by atoms with van der Waals surface area (Å²) in [6, 6.07) is 2.01. The Labute approximate surface area is 131 Å². The molecule has 1 amide bonds. The fraction of sp³-hybridized carbons (Fsp3) is 0.625. The normalized spacial score (nSPS) is 28.2. The van der Waals surface area contributed by atoms with Gasteiger partial charge in [0.25, 0.3) is 0 Å². The Hall–Kier alpha value is -1.13. The Morgan fingerprint density at radius 2 is 2.14 bits per heavy atom. The molecule has 116 valence electrons. The first-order valence-electron chi connectivity index (χ1n) is 7.42. The summed E-state index contributed by atoms with van der Waals surface area (Å²) in [7, 11) is 0. The molecule has 21 heavy (non-hydrogen) atoms. The number of anilines is 1. The molecule has 1 aromatic heterocycles. The molecule has 3 N–H and O–H groups in total. The van der Waals surface area contributed by atoms with Crippen LogP contribution in [0.3, 0.4) is 0 Å². The molecule has 0 radical (unpaired) electrons. The van der Waals surface area contributed by atoms with Gasteiger partial charge in [0.1, 0.15) is 0 Å². The van der Waals surface area contributed by atoms with E-state index in [2.05, 4.69) is 31.1 Å². The highest BCUT2D eigenvalue weighted by atomic mass is 35.5. The van der Waals surface area contributed by atoms with Crippen molar-refractivity contribution in [2.75, 3.05) is 5.32 Å². The number of carbonyl (C=O) groups is 1. The first-order valence-corrected chi connectivity index (χ1v) is 7.80. The summed E-state index contributed by atoms with van der Waals surface area (Å²) >= 11 is 6.06. The highest BCUT2D eigenvalue weighted by molar-refractivity contribution is 6.32. The standard InChI is InChI=1S/C16H24ClN3O/c1-9-7-13(14(17)19-8-9)20-15(21)11-5-6-12(18)10(2)16(11,3)4/h7-8,10-12H,5-6,18H2,1-4H3,(H,20,21). The molecule has 0 aliphatic heterocycles. The van der Waals surface area contributed by atoms with Crippen molar-refractivity contribution in [1.82, 2.24) is 4.98 Å². The van der Waals surface area contributed by atoms with Crippen LogP contribution in [-0.4, -0.2) is 16.9 Å². The molecular formula is C16H24ClN3O. The van der Waals surface area contributed by atoms with E-state index < -0.39 is 0 Å². The number of hydrogen-bond donors (Lipinski definition) is 2. The topological polar surface area (TPSA) is 68.0 Å². The van der Waals surface area contributed by atoms with Crippen molar-refractivity contribution in [2.45, 2.75) is 46.6 Å². The van der Waals surface area contributed by atoms with Crippen LogP contribution in [0.25, 0.3) is 0 Å². The number of aromatic nitrogens is 1. The van der Waals surface area contributed by atoms with E-state index in [1.165, 1.54) is 0 Å². The van der Waals surface area contributed by atoms with Gasteiger partial charge in [-0.25, -0.2) is 4.98 Å². The molecule has 1 aliphatic rings. The van der Waals surface area contributed by atoms with Crippen LogP contribution < -0.4 is 11.1 Å². The monoisotopic (exact) mass is 309 g/mol. The third-order valence-corrected chi connectivity index (χ3v) is 5.35. The van der Waals surface area contributed by atoms with Crippen LogP contribution in [0.4, 0.5) is 5.69 Å². The number of hydrogen-bond acceptors (Lipinski definition) is 3. The van der Waals surface area contributed by atoms with E-state index in [1.54, 1.807) is 6.20 Å². The molecular weight excluding hydrogens is 286 g/mol. The van der Waals surface area contributed by atoms with Gasteiger partial charge in [-0.2, -0.15) is 0 Å². The zero-order valence-corrected chi connectivity index (χ0v) is 13.9. The lowest BCUT2D eigenvalue weighted by Gasteiger charge is -2.46. The van der Waals surface area contributed by atoms with Crippen molar-refractivity contribution in [3.63, 3.8) is 0 Å². The van der Waals surface area contributed by atoms with Gasteiger partial charge in [-0.1, -0.05) is 32.4 Å². The molecule has 0 bridgehead atoms. The highest BCUT2D eigenvalue weighted by Gasteiger charge is 2.45. The van der Waals surface area contributed by atoms with Crippen LogP contribution in [-0.2, 0) is 4.79 Å². The van der Waals surface area contributed by atoms with Gasteiger partial charge in [0, 0.05) is 18.2 Å². The van der Waals surface area contributed by atoms with Gasteiger partial charge >= 0.3 is 0 Å². The lowest BCUT2D eigenvalue weighted by molar-refractivity contribution is -0.127. The second kappa shape index (κ2) is 5.93. The number of carbonyl (C=O) groups excluding carboxylic acids is 1. The van der Waals surface area contributed by atoms with E-state index >= 15 is 0 Å². The van der Waals surface area contributed by atoms with Crippen LogP contribution in [0, 0.1) is 24.2 Å². The van der Waals surface area contributed by atoms with Crippen LogP contribution in [0.1, 0.15) is 39.2 Å². The number of amides is 1. The van der Waals surface area contributed by atoms with E-state index in [0.717, 1.165) is 18.4 Å².